The monoisotopic (exact) mass is 388 g/mol. The second kappa shape index (κ2) is 7.52. The van der Waals surface area contributed by atoms with Crippen LogP contribution >= 0.6 is 23.2 Å². The molecule has 0 aromatic heterocycles. The molecule has 0 unspecified atom stereocenters. The Morgan fingerprint density at radius 3 is 2.35 bits per heavy atom. The first kappa shape index (κ1) is 18.5. The van der Waals surface area contributed by atoms with Crippen LogP contribution in [-0.2, 0) is 9.59 Å². The van der Waals surface area contributed by atoms with Gasteiger partial charge in [-0.2, -0.15) is 0 Å². The van der Waals surface area contributed by atoms with Crippen LogP contribution in [0.25, 0.3) is 5.70 Å². The van der Waals surface area contributed by atoms with E-state index >= 15 is 0 Å². The summed E-state index contributed by atoms with van der Waals surface area (Å²) in [7, 11) is 0. The van der Waals surface area contributed by atoms with Gasteiger partial charge in [0, 0.05) is 10.9 Å². The molecular formula is C20H18Cl2N2O2. The summed E-state index contributed by atoms with van der Waals surface area (Å²) in [5.74, 6) is -0.0145. The van der Waals surface area contributed by atoms with E-state index in [2.05, 4.69) is 10.6 Å². The standard InChI is InChI=1S/C20H18Cl2N2O2/c1-11(2)10-13(4-3-9-21)18-16-15(19(25)24-18)17(23-20(16)26)12-5-7-14(22)8-6-12/h3-8,10-11H,9H2,1-2H3,(H,23,26)(H,24,25)/b4-3-,13-10+. The number of amides is 2. The number of fused-ring (bicyclic) bond motifs is 1. The Labute approximate surface area is 162 Å². The minimum atomic E-state index is -0.299. The predicted octanol–water partition coefficient (Wildman–Crippen LogP) is 3.94. The lowest BCUT2D eigenvalue weighted by atomic mass is 10.00. The summed E-state index contributed by atoms with van der Waals surface area (Å²) in [5.41, 5.74) is 3.24. The molecule has 0 fully saturated rings. The number of rotatable bonds is 5. The molecule has 2 aliphatic heterocycles. The van der Waals surface area contributed by atoms with Gasteiger partial charge in [-0.15, -0.1) is 11.6 Å². The Bertz CT molecular complexity index is 891. The van der Waals surface area contributed by atoms with Crippen LogP contribution in [-0.4, -0.2) is 17.7 Å². The minimum absolute atomic E-state index is 0.239. The van der Waals surface area contributed by atoms with E-state index in [9.17, 15) is 9.59 Å². The molecule has 0 radical (unpaired) electrons. The molecular weight excluding hydrogens is 371 g/mol. The topological polar surface area (TPSA) is 58.2 Å². The van der Waals surface area contributed by atoms with E-state index in [4.69, 9.17) is 23.2 Å². The van der Waals surface area contributed by atoms with Crippen LogP contribution in [0.3, 0.4) is 0 Å². The van der Waals surface area contributed by atoms with Gasteiger partial charge in [-0.3, -0.25) is 9.59 Å². The molecule has 4 nitrogen and oxygen atoms in total. The maximum absolute atomic E-state index is 12.6. The Balaban J connectivity index is 2.15. The first-order valence-corrected chi connectivity index (χ1v) is 9.16. The summed E-state index contributed by atoms with van der Waals surface area (Å²) in [4.78, 5) is 25.2. The molecule has 134 valence electrons. The zero-order valence-corrected chi connectivity index (χ0v) is 15.9. The van der Waals surface area contributed by atoms with Gasteiger partial charge in [-0.1, -0.05) is 55.8 Å². The van der Waals surface area contributed by atoms with Crippen molar-refractivity contribution < 1.29 is 9.59 Å². The molecule has 1 aromatic carbocycles. The van der Waals surface area contributed by atoms with Crippen molar-refractivity contribution in [1.82, 2.24) is 10.6 Å². The van der Waals surface area contributed by atoms with Crippen molar-refractivity contribution in [2.75, 3.05) is 5.88 Å². The summed E-state index contributed by atoms with van der Waals surface area (Å²) >= 11 is 11.7. The molecule has 3 rings (SSSR count). The van der Waals surface area contributed by atoms with Gasteiger partial charge in [-0.05, 0) is 29.2 Å². The van der Waals surface area contributed by atoms with Gasteiger partial charge in [0.05, 0.1) is 22.5 Å². The number of halogens is 2. The number of nitrogens with one attached hydrogen (secondary N) is 2. The van der Waals surface area contributed by atoms with Gasteiger partial charge < -0.3 is 10.6 Å². The van der Waals surface area contributed by atoms with Crippen molar-refractivity contribution in [2.45, 2.75) is 13.8 Å². The van der Waals surface area contributed by atoms with E-state index in [-0.39, 0.29) is 17.7 Å². The third-order valence-electron chi connectivity index (χ3n) is 4.00. The van der Waals surface area contributed by atoms with Gasteiger partial charge in [0.2, 0.25) is 0 Å². The third-order valence-corrected chi connectivity index (χ3v) is 4.43. The average Bonchev–Trinajstić information content (AvgIpc) is 3.11. The van der Waals surface area contributed by atoms with Crippen LogP contribution < -0.4 is 10.6 Å². The molecule has 6 heteroatoms. The second-order valence-corrected chi connectivity index (χ2v) is 7.08. The number of carbonyl (C=O) groups excluding carboxylic acids is 2. The fraction of sp³-hybridized carbons (Fsp3) is 0.200. The molecule has 2 N–H and O–H groups in total. The molecule has 2 amide bonds. The Morgan fingerprint density at radius 1 is 1.08 bits per heavy atom. The van der Waals surface area contributed by atoms with Crippen molar-refractivity contribution >= 4 is 40.7 Å². The van der Waals surface area contributed by atoms with Crippen LogP contribution in [0.2, 0.25) is 5.02 Å². The predicted molar refractivity (Wildman–Crippen MR) is 104 cm³/mol. The average molecular weight is 389 g/mol. The van der Waals surface area contributed by atoms with Crippen molar-refractivity contribution in [2.24, 2.45) is 5.92 Å². The maximum atomic E-state index is 12.6. The molecule has 2 heterocycles. The molecule has 0 bridgehead atoms. The molecule has 0 aliphatic carbocycles. The number of hydrogen-bond donors (Lipinski definition) is 2. The molecule has 0 spiro atoms. The van der Waals surface area contributed by atoms with E-state index in [0.29, 0.717) is 33.4 Å². The lowest BCUT2D eigenvalue weighted by Crippen LogP contribution is -2.22. The number of alkyl halides is 1. The van der Waals surface area contributed by atoms with Gasteiger partial charge in [0.1, 0.15) is 0 Å². The van der Waals surface area contributed by atoms with Crippen molar-refractivity contribution in [3.05, 3.63) is 75.5 Å². The zero-order chi connectivity index (χ0) is 18.8. The fourth-order valence-electron chi connectivity index (χ4n) is 2.98. The highest BCUT2D eigenvalue weighted by molar-refractivity contribution is 6.30. The maximum Gasteiger partial charge on any atom is 0.258 e. The molecule has 0 atom stereocenters. The van der Waals surface area contributed by atoms with Crippen LogP contribution in [0.1, 0.15) is 19.4 Å². The molecule has 0 saturated carbocycles. The van der Waals surface area contributed by atoms with Crippen molar-refractivity contribution in [3.63, 3.8) is 0 Å². The minimum Gasteiger partial charge on any atom is -0.321 e. The Hall–Kier alpha value is -2.30. The number of allylic oxidation sites excluding steroid dienone is 3. The Morgan fingerprint density at radius 2 is 1.73 bits per heavy atom. The van der Waals surface area contributed by atoms with Crippen molar-refractivity contribution in [3.8, 4) is 0 Å². The van der Waals surface area contributed by atoms with E-state index in [1.165, 1.54) is 0 Å². The molecule has 26 heavy (non-hydrogen) atoms. The highest BCUT2D eigenvalue weighted by atomic mass is 35.5. The SMILES string of the molecule is CC(C)/C=C(\C=C/CCl)C1=C2C(=O)NC(c3ccc(Cl)cc3)=C2C(=O)N1. The smallest absolute Gasteiger partial charge is 0.258 e. The van der Waals surface area contributed by atoms with Crippen LogP contribution in [0.15, 0.2) is 64.9 Å². The van der Waals surface area contributed by atoms with Crippen LogP contribution in [0, 0.1) is 5.92 Å². The Kier molecular flexibility index (Phi) is 5.35. The van der Waals surface area contributed by atoms with E-state index in [1.54, 1.807) is 30.3 Å². The quantitative estimate of drug-likeness (QED) is 0.592. The summed E-state index contributed by atoms with van der Waals surface area (Å²) in [6, 6.07) is 6.99. The van der Waals surface area contributed by atoms with Crippen LogP contribution in [0.5, 0.6) is 0 Å². The summed E-state index contributed by atoms with van der Waals surface area (Å²) in [6.07, 6.45) is 5.60. The zero-order valence-electron chi connectivity index (χ0n) is 14.4. The first-order chi connectivity index (χ1) is 12.4. The number of hydrogen-bond acceptors (Lipinski definition) is 2. The summed E-state index contributed by atoms with van der Waals surface area (Å²) in [6.45, 7) is 4.06. The molecule has 1 aromatic rings. The van der Waals surface area contributed by atoms with E-state index in [0.717, 1.165) is 11.1 Å². The van der Waals surface area contributed by atoms with Gasteiger partial charge >= 0.3 is 0 Å². The largest absolute Gasteiger partial charge is 0.321 e. The van der Waals surface area contributed by atoms with Gasteiger partial charge in [0.15, 0.2) is 0 Å². The van der Waals surface area contributed by atoms with Gasteiger partial charge in [0.25, 0.3) is 11.8 Å². The van der Waals surface area contributed by atoms with Crippen molar-refractivity contribution in [1.29, 1.82) is 0 Å². The lowest BCUT2D eigenvalue weighted by molar-refractivity contribution is -0.117. The highest BCUT2D eigenvalue weighted by Gasteiger charge is 2.40. The van der Waals surface area contributed by atoms with E-state index < -0.39 is 0 Å². The third kappa shape index (κ3) is 3.48. The summed E-state index contributed by atoms with van der Waals surface area (Å²) in [5, 5.41) is 6.25. The van der Waals surface area contributed by atoms with E-state index in [1.807, 2.05) is 26.0 Å². The highest BCUT2D eigenvalue weighted by Crippen LogP contribution is 2.36. The summed E-state index contributed by atoms with van der Waals surface area (Å²) < 4.78 is 0. The molecule has 2 aliphatic rings. The number of benzene rings is 1. The first-order valence-electron chi connectivity index (χ1n) is 8.24. The lowest BCUT2D eigenvalue weighted by Gasteiger charge is -2.09. The normalized spacial score (nSPS) is 17.5. The van der Waals surface area contributed by atoms with Crippen LogP contribution in [0.4, 0.5) is 0 Å². The van der Waals surface area contributed by atoms with Gasteiger partial charge in [-0.25, -0.2) is 0 Å². The number of carbonyl (C=O) groups is 2. The second-order valence-electron chi connectivity index (χ2n) is 6.34. The fourth-order valence-corrected chi connectivity index (χ4v) is 3.20. The molecule has 0 saturated heterocycles.